The van der Waals surface area contributed by atoms with Gasteiger partial charge in [-0.15, -0.1) is 0 Å². The number of fused-ring (bicyclic) bond motifs is 1. The third kappa shape index (κ3) is 4.89. The second-order valence-corrected chi connectivity index (χ2v) is 9.26. The van der Waals surface area contributed by atoms with E-state index in [1.807, 2.05) is 32.6 Å². The molecule has 3 atom stereocenters. The van der Waals surface area contributed by atoms with E-state index in [2.05, 4.69) is 10.3 Å². The van der Waals surface area contributed by atoms with Crippen LogP contribution in [0.2, 0.25) is 0 Å². The number of aromatic nitrogens is 2. The van der Waals surface area contributed by atoms with Gasteiger partial charge in [-0.1, -0.05) is 19.9 Å². The number of nitrogens with zero attached hydrogens (tertiary/aromatic N) is 3. The lowest BCUT2D eigenvalue weighted by Crippen LogP contribution is -2.45. The molecular weight excluding hydrogens is 445 g/mol. The Morgan fingerprint density at radius 1 is 1.09 bits per heavy atom. The summed E-state index contributed by atoms with van der Waals surface area (Å²) in [6.07, 6.45) is 1.44. The normalized spacial score (nSPS) is 19.6. The number of anilines is 1. The van der Waals surface area contributed by atoms with Crippen molar-refractivity contribution in [1.29, 1.82) is 0 Å². The lowest BCUT2D eigenvalue weighted by molar-refractivity contribution is -0.125. The molecule has 9 heteroatoms. The second kappa shape index (κ2) is 9.66. The number of halogens is 3. The molecule has 0 bridgehead atoms. The maximum absolute atomic E-state index is 14.9. The lowest BCUT2D eigenvalue weighted by atomic mass is 10.0. The van der Waals surface area contributed by atoms with Crippen LogP contribution in [0.25, 0.3) is 11.0 Å². The molecule has 6 nitrogen and oxygen atoms in total. The number of carbonyl (C=O) groups is 1. The Balaban J connectivity index is 1.49. The molecule has 4 rings (SSSR count). The second-order valence-electron chi connectivity index (χ2n) is 9.26. The number of benzene rings is 2. The zero-order valence-corrected chi connectivity index (χ0v) is 19.7. The van der Waals surface area contributed by atoms with E-state index in [-0.39, 0.29) is 41.9 Å². The molecule has 1 aromatic heterocycles. The highest BCUT2D eigenvalue weighted by molar-refractivity contribution is 5.84. The van der Waals surface area contributed by atoms with Crippen LogP contribution in [-0.4, -0.2) is 40.8 Å². The highest BCUT2D eigenvalue weighted by atomic mass is 19.2. The van der Waals surface area contributed by atoms with E-state index in [9.17, 15) is 18.0 Å². The zero-order chi connectivity index (χ0) is 24.6. The maximum atomic E-state index is 14.9. The van der Waals surface area contributed by atoms with Crippen molar-refractivity contribution >= 4 is 22.6 Å². The van der Waals surface area contributed by atoms with Gasteiger partial charge in [0.25, 0.3) is 0 Å². The monoisotopic (exact) mass is 474 g/mol. The van der Waals surface area contributed by atoms with Gasteiger partial charge < -0.3 is 19.5 Å². The van der Waals surface area contributed by atoms with E-state index in [0.29, 0.717) is 29.9 Å². The summed E-state index contributed by atoms with van der Waals surface area (Å²) in [7, 11) is 0. The standard InChI is InChI=1S/C25H29F3N4O2/c1-14(2)24(32-13-30-21-8-18(26)19(27)9-23(21)32)25(33)29-10-17-5-6-22(20(28)7-17)31-11-15(3)34-16(4)12-31/h5-9,13-16,24H,10-12H2,1-4H3,(H,29,33). The fourth-order valence-electron chi connectivity index (χ4n) is 4.58. The smallest absolute Gasteiger partial charge is 0.243 e. The van der Waals surface area contributed by atoms with Crippen LogP contribution < -0.4 is 10.2 Å². The molecule has 1 saturated heterocycles. The number of ether oxygens (including phenoxy) is 1. The van der Waals surface area contributed by atoms with Crippen LogP contribution in [0.1, 0.15) is 39.3 Å². The van der Waals surface area contributed by atoms with Crippen LogP contribution in [0, 0.1) is 23.4 Å². The van der Waals surface area contributed by atoms with Crippen molar-refractivity contribution < 1.29 is 22.7 Å². The van der Waals surface area contributed by atoms with E-state index in [1.54, 1.807) is 16.7 Å². The fourth-order valence-corrected chi connectivity index (χ4v) is 4.58. The average Bonchev–Trinajstić information content (AvgIpc) is 3.14. The summed E-state index contributed by atoms with van der Waals surface area (Å²) in [5.41, 5.74) is 1.73. The van der Waals surface area contributed by atoms with E-state index in [1.165, 1.54) is 12.4 Å². The van der Waals surface area contributed by atoms with Crippen LogP contribution >= 0.6 is 0 Å². The number of morpholine rings is 1. The number of hydrogen-bond acceptors (Lipinski definition) is 4. The van der Waals surface area contributed by atoms with Crippen molar-refractivity contribution in [3.05, 3.63) is 59.7 Å². The van der Waals surface area contributed by atoms with Gasteiger partial charge in [0, 0.05) is 31.8 Å². The predicted octanol–water partition coefficient (Wildman–Crippen LogP) is 4.58. The number of carbonyl (C=O) groups excluding carboxylic acids is 1. The van der Waals surface area contributed by atoms with Crippen LogP contribution in [-0.2, 0) is 16.1 Å². The van der Waals surface area contributed by atoms with Gasteiger partial charge >= 0.3 is 0 Å². The number of rotatable bonds is 6. The topological polar surface area (TPSA) is 59.4 Å². The largest absolute Gasteiger partial charge is 0.372 e. The zero-order valence-electron chi connectivity index (χ0n) is 19.7. The Kier molecular flexibility index (Phi) is 6.84. The number of nitrogens with one attached hydrogen (secondary N) is 1. The highest BCUT2D eigenvalue weighted by Crippen LogP contribution is 2.27. The lowest BCUT2D eigenvalue weighted by Gasteiger charge is -2.37. The molecule has 1 amide bonds. The molecule has 1 aliphatic rings. The quantitative estimate of drug-likeness (QED) is 0.568. The minimum Gasteiger partial charge on any atom is -0.372 e. The van der Waals surface area contributed by atoms with Crippen molar-refractivity contribution in [2.45, 2.75) is 52.5 Å². The Bertz CT molecular complexity index is 1190. The van der Waals surface area contributed by atoms with Gasteiger partial charge in [-0.05, 0) is 37.5 Å². The summed E-state index contributed by atoms with van der Waals surface area (Å²) in [5, 5.41) is 2.84. The predicted molar refractivity (Wildman–Crippen MR) is 124 cm³/mol. The number of imidazole rings is 1. The Hall–Kier alpha value is -3.07. The Morgan fingerprint density at radius 3 is 2.41 bits per heavy atom. The molecule has 3 aromatic rings. The van der Waals surface area contributed by atoms with Gasteiger partial charge in [-0.3, -0.25) is 4.79 Å². The van der Waals surface area contributed by atoms with Crippen molar-refractivity contribution in [2.24, 2.45) is 5.92 Å². The summed E-state index contributed by atoms with van der Waals surface area (Å²) in [6, 6.07) is 6.30. The average molecular weight is 475 g/mol. The first-order valence-electron chi connectivity index (χ1n) is 11.4. The molecular formula is C25H29F3N4O2. The molecule has 2 aromatic carbocycles. The van der Waals surface area contributed by atoms with Crippen LogP contribution in [0.3, 0.4) is 0 Å². The summed E-state index contributed by atoms with van der Waals surface area (Å²) in [5.74, 6) is -2.83. The number of hydrogen-bond donors (Lipinski definition) is 1. The van der Waals surface area contributed by atoms with Gasteiger partial charge in [-0.25, -0.2) is 18.2 Å². The van der Waals surface area contributed by atoms with Crippen molar-refractivity contribution in [2.75, 3.05) is 18.0 Å². The first-order valence-corrected chi connectivity index (χ1v) is 11.4. The third-order valence-electron chi connectivity index (χ3n) is 6.06. The van der Waals surface area contributed by atoms with E-state index in [4.69, 9.17) is 4.74 Å². The minimum atomic E-state index is -1.00. The van der Waals surface area contributed by atoms with Crippen LogP contribution in [0.5, 0.6) is 0 Å². The first kappa shape index (κ1) is 24.1. The minimum absolute atomic E-state index is 0.0132. The van der Waals surface area contributed by atoms with Gasteiger partial charge in [-0.2, -0.15) is 0 Å². The highest BCUT2D eigenvalue weighted by Gasteiger charge is 2.27. The summed E-state index contributed by atoms with van der Waals surface area (Å²) >= 11 is 0. The van der Waals surface area contributed by atoms with Gasteiger partial charge in [0.1, 0.15) is 11.9 Å². The molecule has 0 saturated carbocycles. The van der Waals surface area contributed by atoms with Crippen LogP contribution in [0.4, 0.5) is 18.9 Å². The molecule has 1 fully saturated rings. The first-order chi connectivity index (χ1) is 16.1. The van der Waals surface area contributed by atoms with E-state index >= 15 is 0 Å². The molecule has 0 aliphatic carbocycles. The van der Waals surface area contributed by atoms with Crippen molar-refractivity contribution in [1.82, 2.24) is 14.9 Å². The molecule has 1 N–H and O–H groups in total. The summed E-state index contributed by atoms with van der Waals surface area (Å²) in [4.78, 5) is 19.2. The fraction of sp³-hybridized carbons (Fsp3) is 0.440. The molecule has 1 aliphatic heterocycles. The Labute approximate surface area is 196 Å². The van der Waals surface area contributed by atoms with Crippen LogP contribution in [0.15, 0.2) is 36.7 Å². The molecule has 0 spiro atoms. The van der Waals surface area contributed by atoms with Gasteiger partial charge in [0.05, 0.1) is 35.3 Å². The maximum Gasteiger partial charge on any atom is 0.243 e. The Morgan fingerprint density at radius 2 is 1.76 bits per heavy atom. The molecule has 0 radical (unpaired) electrons. The SMILES string of the molecule is CC1CN(c2ccc(CNC(=O)C(C(C)C)n3cnc4cc(F)c(F)cc43)cc2F)CC(C)O1. The van der Waals surface area contributed by atoms with Gasteiger partial charge in [0.2, 0.25) is 5.91 Å². The molecule has 3 unspecified atom stereocenters. The third-order valence-corrected chi connectivity index (χ3v) is 6.06. The van der Waals surface area contributed by atoms with Gasteiger partial charge in [0.15, 0.2) is 11.6 Å². The summed E-state index contributed by atoms with van der Waals surface area (Å²) in [6.45, 7) is 8.98. The molecule has 34 heavy (non-hydrogen) atoms. The molecule has 182 valence electrons. The van der Waals surface area contributed by atoms with E-state index < -0.39 is 17.7 Å². The van der Waals surface area contributed by atoms with Crippen molar-refractivity contribution in [3.8, 4) is 0 Å². The van der Waals surface area contributed by atoms with Crippen molar-refractivity contribution in [3.63, 3.8) is 0 Å². The van der Waals surface area contributed by atoms with E-state index in [0.717, 1.165) is 12.1 Å². The summed E-state index contributed by atoms with van der Waals surface area (Å²) < 4.78 is 49.5. The number of amides is 1. The molecule has 2 heterocycles.